The normalized spacial score (nSPS) is 11.4. The van der Waals surface area contributed by atoms with Crippen molar-refractivity contribution in [2.24, 2.45) is 0 Å². The molecule has 0 saturated carbocycles. The van der Waals surface area contributed by atoms with E-state index in [1.807, 2.05) is 0 Å². The third-order valence-corrected chi connectivity index (χ3v) is 4.34. The second-order valence-electron chi connectivity index (χ2n) is 6.40. The van der Waals surface area contributed by atoms with Crippen LogP contribution in [0.5, 0.6) is 5.75 Å². The van der Waals surface area contributed by atoms with E-state index in [0.29, 0.717) is 16.8 Å². The molecule has 0 aliphatic carbocycles. The lowest BCUT2D eigenvalue weighted by atomic mass is 10.1. The zero-order chi connectivity index (χ0) is 22.7. The fourth-order valence-electron chi connectivity index (χ4n) is 3.06. The van der Waals surface area contributed by atoms with Gasteiger partial charge < -0.3 is 14.8 Å². The fraction of sp³-hybridized carbons (Fsp3) is 0.150. The highest BCUT2D eigenvalue weighted by molar-refractivity contribution is 6.06. The van der Waals surface area contributed by atoms with Gasteiger partial charge in [-0.05, 0) is 42.5 Å². The van der Waals surface area contributed by atoms with Crippen LogP contribution in [0.3, 0.4) is 0 Å². The summed E-state index contributed by atoms with van der Waals surface area (Å²) in [6.07, 6.45) is -3.58. The number of para-hydroxylation sites is 1. The van der Waals surface area contributed by atoms with Crippen LogP contribution in [0.1, 0.15) is 17.3 Å². The summed E-state index contributed by atoms with van der Waals surface area (Å²) in [6, 6.07) is 10.6. The van der Waals surface area contributed by atoms with Crippen molar-refractivity contribution >= 4 is 28.2 Å². The Morgan fingerprint density at radius 3 is 2.72 bits per heavy atom. The molecule has 9 nitrogen and oxygen atoms in total. The average Bonchev–Trinajstić information content (AvgIpc) is 3.28. The van der Waals surface area contributed by atoms with Gasteiger partial charge in [-0.1, -0.05) is 12.1 Å². The second-order valence-corrected chi connectivity index (χ2v) is 6.40. The molecule has 32 heavy (non-hydrogen) atoms. The van der Waals surface area contributed by atoms with Crippen LogP contribution >= 0.6 is 0 Å². The number of carbonyl (C=O) groups excluding carboxylic acids is 1. The minimum atomic E-state index is -4.88. The Labute approximate surface area is 178 Å². The largest absolute Gasteiger partial charge is 0.573 e. The molecule has 0 atom stereocenters. The molecule has 2 aromatic carbocycles. The minimum absolute atomic E-state index is 0.0337. The lowest BCUT2D eigenvalue weighted by Crippen LogP contribution is -2.17. The van der Waals surface area contributed by atoms with Crippen LogP contribution in [0.25, 0.3) is 22.3 Å². The zero-order valence-corrected chi connectivity index (χ0v) is 16.5. The third-order valence-electron chi connectivity index (χ3n) is 4.34. The summed E-state index contributed by atoms with van der Waals surface area (Å²) in [7, 11) is 0. The maximum atomic E-state index is 12.8. The number of hydrogen-bond donors (Lipinski definition) is 2. The molecule has 2 N–H and O–H groups in total. The Kier molecular flexibility index (Phi) is 5.58. The lowest BCUT2D eigenvalue weighted by Gasteiger charge is -2.17. The second kappa shape index (κ2) is 8.49. The molecule has 12 heteroatoms. The first-order chi connectivity index (χ1) is 15.4. The SMILES string of the molecule is CCOC(=O)c1cnc2ccc(OC(F)(F)F)cc2c1Nc1ccccc1-c1nn[nH]n1. The quantitative estimate of drug-likeness (QED) is 0.425. The van der Waals surface area contributed by atoms with Crippen LogP contribution in [-0.4, -0.2) is 44.5 Å². The van der Waals surface area contributed by atoms with Gasteiger partial charge in [0.05, 0.1) is 17.8 Å². The van der Waals surface area contributed by atoms with Crippen molar-refractivity contribution in [1.29, 1.82) is 0 Å². The van der Waals surface area contributed by atoms with Crippen LogP contribution in [0.2, 0.25) is 0 Å². The number of pyridine rings is 1. The number of alkyl halides is 3. The summed E-state index contributed by atoms with van der Waals surface area (Å²) >= 11 is 0. The molecule has 0 unspecified atom stereocenters. The molecule has 0 radical (unpaired) electrons. The number of fused-ring (bicyclic) bond motifs is 1. The Morgan fingerprint density at radius 2 is 2.00 bits per heavy atom. The van der Waals surface area contributed by atoms with Crippen LogP contribution in [0.4, 0.5) is 24.5 Å². The van der Waals surface area contributed by atoms with Crippen molar-refractivity contribution in [3.8, 4) is 17.1 Å². The van der Waals surface area contributed by atoms with Crippen molar-refractivity contribution in [3.63, 3.8) is 0 Å². The Hall–Kier alpha value is -4.22. The number of benzene rings is 2. The van der Waals surface area contributed by atoms with Crippen LogP contribution in [0.15, 0.2) is 48.7 Å². The van der Waals surface area contributed by atoms with E-state index in [0.717, 1.165) is 12.1 Å². The van der Waals surface area contributed by atoms with E-state index < -0.39 is 18.1 Å². The van der Waals surface area contributed by atoms with Gasteiger partial charge in [0, 0.05) is 22.8 Å². The van der Waals surface area contributed by atoms with Crippen LogP contribution in [0, 0.1) is 0 Å². The van der Waals surface area contributed by atoms with Crippen molar-refractivity contribution < 1.29 is 27.4 Å². The standard InChI is InChI=1S/C20H15F3N6O3/c1-2-31-19(30)14-10-24-15-8-7-11(32-20(21,22)23)9-13(15)17(14)25-16-6-4-3-5-12(16)18-26-28-29-27-18/h3-10H,2H2,1H3,(H,24,25)(H,26,27,28,29). The lowest BCUT2D eigenvalue weighted by molar-refractivity contribution is -0.274. The van der Waals surface area contributed by atoms with E-state index >= 15 is 0 Å². The van der Waals surface area contributed by atoms with Crippen molar-refractivity contribution in [1.82, 2.24) is 25.6 Å². The molecule has 0 aliphatic heterocycles. The average molecular weight is 444 g/mol. The molecule has 0 aliphatic rings. The first-order valence-corrected chi connectivity index (χ1v) is 9.31. The number of aromatic nitrogens is 5. The highest BCUT2D eigenvalue weighted by atomic mass is 19.4. The Morgan fingerprint density at radius 1 is 1.19 bits per heavy atom. The maximum Gasteiger partial charge on any atom is 0.573 e. The van der Waals surface area contributed by atoms with Gasteiger partial charge in [0.15, 0.2) is 0 Å². The fourth-order valence-corrected chi connectivity index (χ4v) is 3.06. The highest BCUT2D eigenvalue weighted by Crippen LogP contribution is 2.36. The summed E-state index contributed by atoms with van der Waals surface area (Å²) in [5, 5.41) is 17.1. The summed E-state index contributed by atoms with van der Waals surface area (Å²) in [5.41, 5.74) is 1.59. The molecule has 0 saturated heterocycles. The number of anilines is 2. The number of H-pyrrole nitrogens is 1. The van der Waals surface area contributed by atoms with E-state index in [1.165, 1.54) is 12.3 Å². The monoisotopic (exact) mass is 444 g/mol. The van der Waals surface area contributed by atoms with Gasteiger partial charge in [-0.25, -0.2) is 4.79 Å². The number of aromatic amines is 1. The number of esters is 1. The molecule has 2 aromatic heterocycles. The van der Waals surface area contributed by atoms with E-state index in [1.54, 1.807) is 31.2 Å². The number of hydrogen-bond acceptors (Lipinski definition) is 8. The van der Waals surface area contributed by atoms with E-state index in [-0.39, 0.29) is 29.1 Å². The topological polar surface area (TPSA) is 115 Å². The zero-order valence-electron chi connectivity index (χ0n) is 16.5. The Balaban J connectivity index is 1.88. The van der Waals surface area contributed by atoms with Crippen LogP contribution in [-0.2, 0) is 4.74 Å². The summed E-state index contributed by atoms with van der Waals surface area (Å²) in [4.78, 5) is 16.8. The summed E-state index contributed by atoms with van der Waals surface area (Å²) in [5.74, 6) is -0.865. The smallest absolute Gasteiger partial charge is 0.462 e. The maximum absolute atomic E-state index is 12.8. The van der Waals surface area contributed by atoms with Gasteiger partial charge >= 0.3 is 12.3 Å². The van der Waals surface area contributed by atoms with Gasteiger partial charge in [0.1, 0.15) is 11.3 Å². The minimum Gasteiger partial charge on any atom is -0.462 e. The van der Waals surface area contributed by atoms with E-state index in [2.05, 4.69) is 35.7 Å². The van der Waals surface area contributed by atoms with Gasteiger partial charge in [0.25, 0.3) is 0 Å². The predicted octanol–water partition coefficient (Wildman–Crippen LogP) is 4.23. The number of halogens is 3. The first kappa shape index (κ1) is 21.0. The number of carbonyl (C=O) groups is 1. The number of ether oxygens (including phenoxy) is 2. The van der Waals surface area contributed by atoms with Gasteiger partial charge in [-0.3, -0.25) is 4.98 Å². The predicted molar refractivity (Wildman–Crippen MR) is 107 cm³/mol. The van der Waals surface area contributed by atoms with E-state index in [9.17, 15) is 18.0 Å². The van der Waals surface area contributed by atoms with Crippen LogP contribution < -0.4 is 10.1 Å². The number of rotatable bonds is 6. The van der Waals surface area contributed by atoms with Gasteiger partial charge in [-0.15, -0.1) is 23.4 Å². The van der Waals surface area contributed by atoms with Gasteiger partial charge in [0.2, 0.25) is 5.82 Å². The molecule has 0 bridgehead atoms. The van der Waals surface area contributed by atoms with Gasteiger partial charge in [-0.2, -0.15) is 5.21 Å². The molecular formula is C20H15F3N6O3. The summed E-state index contributed by atoms with van der Waals surface area (Å²) in [6.45, 7) is 1.74. The highest BCUT2D eigenvalue weighted by Gasteiger charge is 2.31. The molecule has 0 amide bonds. The summed E-state index contributed by atoms with van der Waals surface area (Å²) < 4.78 is 47.4. The molecule has 4 aromatic rings. The third kappa shape index (κ3) is 4.43. The van der Waals surface area contributed by atoms with Crippen molar-refractivity contribution in [2.75, 3.05) is 11.9 Å². The molecule has 4 rings (SSSR count). The van der Waals surface area contributed by atoms with E-state index in [4.69, 9.17) is 4.74 Å². The number of nitrogens with zero attached hydrogens (tertiary/aromatic N) is 4. The molecule has 164 valence electrons. The molecule has 0 spiro atoms. The number of nitrogens with one attached hydrogen (secondary N) is 2. The Bertz CT molecular complexity index is 1260. The molecular weight excluding hydrogens is 429 g/mol. The molecule has 0 fully saturated rings. The number of tetrazole rings is 1. The van der Waals surface area contributed by atoms with Crippen molar-refractivity contribution in [3.05, 3.63) is 54.2 Å². The molecule has 2 heterocycles. The van der Waals surface area contributed by atoms with Crippen molar-refractivity contribution in [2.45, 2.75) is 13.3 Å². The first-order valence-electron chi connectivity index (χ1n) is 9.31.